The van der Waals surface area contributed by atoms with Crippen LogP contribution in [0, 0.1) is 23.7 Å². The Morgan fingerprint density at radius 2 is 1.95 bits per heavy atom. The Kier molecular flexibility index (Phi) is 2.26. The smallest absolute Gasteiger partial charge is 0.311 e. The SMILES string of the molecule is C[C@@H]1CCC2[C@@H](C)C(=O)OC3OC4(C)CCC1C32O4. The average Bonchev–Trinajstić information content (AvgIpc) is 2.56. The number of hydrogen-bond donors (Lipinski definition) is 0. The maximum atomic E-state index is 12.1. The number of fused-ring (bicyclic) bond motifs is 1. The molecule has 0 amide bonds. The van der Waals surface area contributed by atoms with Crippen molar-refractivity contribution in [2.24, 2.45) is 23.7 Å². The van der Waals surface area contributed by atoms with Gasteiger partial charge in [0.15, 0.2) is 5.79 Å². The number of hydrogen-bond acceptors (Lipinski definition) is 4. The van der Waals surface area contributed by atoms with E-state index in [1.807, 2.05) is 13.8 Å². The molecule has 0 N–H and O–H groups in total. The molecule has 1 aliphatic carbocycles. The van der Waals surface area contributed by atoms with Gasteiger partial charge in [0.05, 0.1) is 5.92 Å². The normalized spacial score (nSPS) is 59.5. The minimum absolute atomic E-state index is 0.0738. The van der Waals surface area contributed by atoms with Crippen LogP contribution >= 0.6 is 0 Å². The van der Waals surface area contributed by atoms with Gasteiger partial charge in [0.25, 0.3) is 0 Å². The van der Waals surface area contributed by atoms with Crippen LogP contribution in [0.2, 0.25) is 0 Å². The molecule has 2 bridgehead atoms. The topological polar surface area (TPSA) is 44.8 Å². The summed E-state index contributed by atoms with van der Waals surface area (Å²) in [5, 5.41) is 0. The predicted octanol–water partition coefficient (Wildman–Crippen LogP) is 2.46. The summed E-state index contributed by atoms with van der Waals surface area (Å²) in [6.45, 7) is 6.28. The molecule has 4 rings (SSSR count). The number of ether oxygens (including phenoxy) is 3. The second kappa shape index (κ2) is 3.53. The number of esters is 1. The summed E-state index contributed by atoms with van der Waals surface area (Å²) in [4.78, 5) is 12.1. The summed E-state index contributed by atoms with van der Waals surface area (Å²) < 4.78 is 18.0. The molecule has 106 valence electrons. The molecule has 1 saturated carbocycles. The maximum Gasteiger partial charge on any atom is 0.311 e. The first-order valence-corrected chi connectivity index (χ1v) is 7.55. The quantitative estimate of drug-likeness (QED) is 0.632. The van der Waals surface area contributed by atoms with E-state index in [9.17, 15) is 4.79 Å². The van der Waals surface area contributed by atoms with Gasteiger partial charge in [-0.15, -0.1) is 0 Å². The van der Waals surface area contributed by atoms with Crippen LogP contribution in [-0.4, -0.2) is 23.6 Å². The molecule has 4 heteroatoms. The van der Waals surface area contributed by atoms with E-state index in [2.05, 4.69) is 6.92 Å². The average molecular weight is 266 g/mol. The van der Waals surface area contributed by atoms with Crippen molar-refractivity contribution in [3.05, 3.63) is 0 Å². The molecule has 0 aromatic carbocycles. The molecule has 7 atom stereocenters. The molecule has 0 radical (unpaired) electrons. The van der Waals surface area contributed by atoms with Crippen LogP contribution in [0.5, 0.6) is 0 Å². The maximum absolute atomic E-state index is 12.1. The van der Waals surface area contributed by atoms with Crippen molar-refractivity contribution in [3.63, 3.8) is 0 Å². The summed E-state index contributed by atoms with van der Waals surface area (Å²) in [5.41, 5.74) is -0.377. The van der Waals surface area contributed by atoms with Gasteiger partial charge < -0.3 is 14.2 Å². The van der Waals surface area contributed by atoms with Crippen molar-refractivity contribution in [2.75, 3.05) is 0 Å². The van der Waals surface area contributed by atoms with E-state index in [0.717, 1.165) is 19.3 Å². The van der Waals surface area contributed by atoms with Crippen LogP contribution in [0.1, 0.15) is 46.5 Å². The third-order valence-electron chi connectivity index (χ3n) is 6.00. The summed E-state index contributed by atoms with van der Waals surface area (Å²) >= 11 is 0. The van der Waals surface area contributed by atoms with E-state index in [-0.39, 0.29) is 23.4 Å². The second-order valence-corrected chi connectivity index (χ2v) is 7.07. The van der Waals surface area contributed by atoms with E-state index < -0.39 is 12.1 Å². The highest BCUT2D eigenvalue weighted by molar-refractivity contribution is 5.74. The van der Waals surface area contributed by atoms with Crippen LogP contribution in [0.4, 0.5) is 0 Å². The van der Waals surface area contributed by atoms with E-state index in [0.29, 0.717) is 11.8 Å². The predicted molar refractivity (Wildman–Crippen MR) is 67.0 cm³/mol. The first-order chi connectivity index (χ1) is 8.96. The zero-order chi connectivity index (χ0) is 13.4. The van der Waals surface area contributed by atoms with E-state index in [1.54, 1.807) is 0 Å². The standard InChI is InChI=1S/C15H22O4/c1-8-4-5-11-9(2)12(16)17-13-15(11)10(8)6-7-14(3,18-13)19-15/h8-11,13H,4-7H2,1-3H3/t8-,9-,10?,11?,13?,14?,15?/m1/s1. The minimum atomic E-state index is -0.555. The second-order valence-electron chi connectivity index (χ2n) is 7.07. The van der Waals surface area contributed by atoms with Gasteiger partial charge in [-0.25, -0.2) is 0 Å². The van der Waals surface area contributed by atoms with Gasteiger partial charge >= 0.3 is 5.97 Å². The van der Waals surface area contributed by atoms with Crippen LogP contribution < -0.4 is 0 Å². The Bertz CT molecular complexity index is 436. The molecular weight excluding hydrogens is 244 g/mol. The minimum Gasteiger partial charge on any atom is -0.432 e. The van der Waals surface area contributed by atoms with Gasteiger partial charge in [0, 0.05) is 12.3 Å². The molecule has 3 saturated heterocycles. The van der Waals surface area contributed by atoms with Crippen molar-refractivity contribution in [3.8, 4) is 0 Å². The van der Waals surface area contributed by atoms with E-state index in [1.165, 1.54) is 6.42 Å². The summed E-state index contributed by atoms with van der Waals surface area (Å²) in [5.74, 6) is 0.586. The number of carbonyl (C=O) groups excluding carboxylic acids is 1. The van der Waals surface area contributed by atoms with Gasteiger partial charge in [-0.1, -0.05) is 13.8 Å². The lowest BCUT2D eigenvalue weighted by Gasteiger charge is -2.56. The van der Waals surface area contributed by atoms with Gasteiger partial charge in [-0.3, -0.25) is 4.79 Å². The van der Waals surface area contributed by atoms with Gasteiger partial charge in [-0.05, 0) is 38.0 Å². The van der Waals surface area contributed by atoms with Crippen LogP contribution in [0.3, 0.4) is 0 Å². The van der Waals surface area contributed by atoms with Crippen molar-refractivity contribution in [1.82, 2.24) is 0 Å². The fourth-order valence-electron chi connectivity index (χ4n) is 5.03. The van der Waals surface area contributed by atoms with Gasteiger partial charge in [0.1, 0.15) is 5.60 Å². The highest BCUT2D eigenvalue weighted by Gasteiger charge is 2.72. The summed E-state index contributed by atoms with van der Waals surface area (Å²) in [6, 6.07) is 0. The monoisotopic (exact) mass is 266 g/mol. The van der Waals surface area contributed by atoms with Crippen LogP contribution in [0.15, 0.2) is 0 Å². The third-order valence-corrected chi connectivity index (χ3v) is 6.00. The molecule has 4 fully saturated rings. The largest absolute Gasteiger partial charge is 0.432 e. The van der Waals surface area contributed by atoms with Crippen LogP contribution in [-0.2, 0) is 19.0 Å². The lowest BCUT2D eigenvalue weighted by molar-refractivity contribution is -0.263. The Morgan fingerprint density at radius 3 is 2.74 bits per heavy atom. The Balaban J connectivity index is 1.84. The van der Waals surface area contributed by atoms with Gasteiger partial charge in [-0.2, -0.15) is 0 Å². The molecule has 3 aliphatic heterocycles. The van der Waals surface area contributed by atoms with Crippen molar-refractivity contribution >= 4 is 5.97 Å². The molecule has 19 heavy (non-hydrogen) atoms. The lowest BCUT2D eigenvalue weighted by Crippen LogP contribution is -2.65. The summed E-state index contributed by atoms with van der Waals surface area (Å²) in [7, 11) is 0. The Morgan fingerprint density at radius 1 is 1.16 bits per heavy atom. The van der Waals surface area contributed by atoms with Crippen molar-refractivity contribution in [2.45, 2.75) is 64.1 Å². The molecular formula is C15H22O4. The molecule has 4 aliphatic rings. The Hall–Kier alpha value is -0.610. The fraction of sp³-hybridized carbons (Fsp3) is 0.933. The highest BCUT2D eigenvalue weighted by Crippen LogP contribution is 2.62. The van der Waals surface area contributed by atoms with Crippen molar-refractivity contribution in [1.29, 1.82) is 0 Å². The number of carbonyl (C=O) groups is 1. The van der Waals surface area contributed by atoms with E-state index in [4.69, 9.17) is 14.2 Å². The zero-order valence-corrected chi connectivity index (χ0v) is 11.8. The highest BCUT2D eigenvalue weighted by atomic mass is 16.8. The molecule has 0 aromatic rings. The molecule has 0 aromatic heterocycles. The fourth-order valence-corrected chi connectivity index (χ4v) is 5.03. The molecule has 3 heterocycles. The van der Waals surface area contributed by atoms with Crippen LogP contribution in [0.25, 0.3) is 0 Å². The first kappa shape index (κ1) is 12.2. The van der Waals surface area contributed by atoms with Gasteiger partial charge in [0.2, 0.25) is 6.29 Å². The summed E-state index contributed by atoms with van der Waals surface area (Å²) in [6.07, 6.45) is 3.76. The first-order valence-electron chi connectivity index (χ1n) is 7.55. The lowest BCUT2D eigenvalue weighted by atomic mass is 9.57. The molecule has 1 spiro atoms. The van der Waals surface area contributed by atoms with Crippen molar-refractivity contribution < 1.29 is 19.0 Å². The Labute approximate surface area is 113 Å². The zero-order valence-electron chi connectivity index (χ0n) is 11.8. The molecule has 5 unspecified atom stereocenters. The molecule has 4 nitrogen and oxygen atoms in total. The van der Waals surface area contributed by atoms with E-state index >= 15 is 0 Å². The third kappa shape index (κ3) is 1.34. The number of rotatable bonds is 0.